The Morgan fingerprint density at radius 3 is 0.916 bits per heavy atom. The van der Waals surface area contributed by atoms with Crippen LogP contribution in [0.3, 0.4) is 0 Å². The molecule has 646 valence electrons. The maximum atomic E-state index is 13.1. The van der Waals surface area contributed by atoms with Gasteiger partial charge < -0.3 is 87.6 Å². The molecule has 0 spiro atoms. The average Bonchev–Trinajstić information content (AvgIpc) is 0.846. The first kappa shape index (κ1) is 105. The molecule has 0 radical (unpaired) electrons. The SMILES string of the molecule is CC(C)(C)OC(=O)N[C@@H](CC(=O)O)C(=O)NC(CCc1ccccc1)C(=O)Nc1cccc(C(F)(F)F)c1.COC(=O)CC(NC(=O)OC(C)(C)C)C(=O)O.COC(=O)C[C@H](NC(=O)OC(C)(C)C)C(=O)NC(CCc1ccccc1)C(=O)Nc1cccc(C(F)(F)F)c1.NC(CCc1ccccc1)C(=O)Nc1cccc(C(F)(F)F)c1.[Li+].[OH-]. The molecule has 39 heteroatoms. The summed E-state index contributed by atoms with van der Waals surface area (Å²) in [6.45, 7) is 14.5. The number of carbonyl (C=O) groups is 12. The number of hydrogen-bond donors (Lipinski definition) is 11. The number of halogens is 9. The second kappa shape index (κ2) is 49.5. The molecule has 6 aromatic carbocycles. The molecule has 6 rings (SSSR count). The topological polar surface area (TPSA) is 444 Å². The molecule has 0 aliphatic rings. The fraction of sp³-hybridized carbons (Fsp3) is 0.400. The number of rotatable bonds is 29. The van der Waals surface area contributed by atoms with Gasteiger partial charge in [0.2, 0.25) is 29.5 Å². The van der Waals surface area contributed by atoms with E-state index in [4.69, 9.17) is 25.1 Å². The van der Waals surface area contributed by atoms with Crippen molar-refractivity contribution in [1.29, 1.82) is 0 Å². The van der Waals surface area contributed by atoms with Crippen molar-refractivity contribution in [1.82, 2.24) is 26.6 Å². The number of nitrogens with two attached hydrogens (primary N) is 1. The second-order valence-electron chi connectivity index (χ2n) is 28.6. The Kier molecular flexibility index (Phi) is 43.8. The molecule has 6 aromatic rings. The Bertz CT molecular complexity index is 4280. The summed E-state index contributed by atoms with van der Waals surface area (Å²) >= 11 is 0. The van der Waals surface area contributed by atoms with Gasteiger partial charge >= 0.3 is 79.5 Å². The van der Waals surface area contributed by atoms with E-state index in [0.29, 0.717) is 25.7 Å². The van der Waals surface area contributed by atoms with Crippen molar-refractivity contribution in [2.75, 3.05) is 30.2 Å². The number of esters is 2. The summed E-state index contributed by atoms with van der Waals surface area (Å²) in [5.41, 5.74) is 3.07. The first-order valence-corrected chi connectivity index (χ1v) is 35.8. The summed E-state index contributed by atoms with van der Waals surface area (Å²) in [7, 11) is 2.24. The van der Waals surface area contributed by atoms with Crippen molar-refractivity contribution >= 4 is 88.8 Å². The van der Waals surface area contributed by atoms with Crippen LogP contribution in [0.2, 0.25) is 0 Å². The molecule has 6 atom stereocenters. The van der Waals surface area contributed by atoms with Gasteiger partial charge in [-0.1, -0.05) is 109 Å². The van der Waals surface area contributed by atoms with E-state index in [2.05, 4.69) is 52.0 Å². The summed E-state index contributed by atoms with van der Waals surface area (Å²) in [4.78, 5) is 145. The van der Waals surface area contributed by atoms with Crippen molar-refractivity contribution in [3.63, 3.8) is 0 Å². The van der Waals surface area contributed by atoms with Crippen LogP contribution in [0.4, 0.5) is 71.0 Å². The van der Waals surface area contributed by atoms with E-state index in [1.165, 1.54) is 24.3 Å². The molecule has 29 nitrogen and oxygen atoms in total. The zero-order chi connectivity index (χ0) is 88.2. The van der Waals surface area contributed by atoms with Gasteiger partial charge in [-0.3, -0.25) is 38.4 Å². The molecule has 0 heterocycles. The number of nitrogens with one attached hydrogen (secondary N) is 8. The third-order valence-corrected chi connectivity index (χ3v) is 15.3. The quantitative estimate of drug-likeness (QED) is 0.00901. The first-order chi connectivity index (χ1) is 54.3. The summed E-state index contributed by atoms with van der Waals surface area (Å²) in [6.07, 6.45) is -16.6. The minimum absolute atomic E-state index is 0. The number of carbonyl (C=O) groups excluding carboxylic acids is 10. The largest absolute Gasteiger partial charge is 1.00 e. The zero-order valence-electron chi connectivity index (χ0n) is 67.2. The van der Waals surface area contributed by atoms with Crippen LogP contribution in [-0.2, 0) is 105 Å². The van der Waals surface area contributed by atoms with E-state index in [1.54, 1.807) is 105 Å². The van der Waals surface area contributed by atoms with E-state index in [0.717, 1.165) is 79.4 Å². The van der Waals surface area contributed by atoms with E-state index in [1.807, 2.05) is 48.5 Å². The third kappa shape index (κ3) is 43.9. The third-order valence-electron chi connectivity index (χ3n) is 15.3. The minimum atomic E-state index is -4.63. The van der Waals surface area contributed by atoms with Gasteiger partial charge in [0.05, 0.1) is 56.2 Å². The van der Waals surface area contributed by atoms with Crippen LogP contribution < -0.4 is 67.1 Å². The summed E-state index contributed by atoms with van der Waals surface area (Å²) in [5.74, 6) is -8.22. The molecule has 0 saturated heterocycles. The molecule has 0 aromatic heterocycles. The molecular weight excluding hydrogens is 1580 g/mol. The van der Waals surface area contributed by atoms with Crippen LogP contribution in [0.5, 0.6) is 0 Å². The monoisotopic (exact) mass is 1680 g/mol. The molecule has 13 N–H and O–H groups in total. The number of carboxylic acid groups (broad SMARTS) is 2. The number of amides is 8. The molecular formula is C80H97F9LiN9O20. The second-order valence-corrected chi connectivity index (χ2v) is 28.6. The van der Waals surface area contributed by atoms with E-state index >= 15 is 0 Å². The number of aliphatic carboxylic acids is 2. The zero-order valence-corrected chi connectivity index (χ0v) is 67.2. The maximum Gasteiger partial charge on any atom is 1.00 e. The average molecular weight is 1680 g/mol. The predicted octanol–water partition coefficient (Wildman–Crippen LogP) is 9.31. The van der Waals surface area contributed by atoms with Gasteiger partial charge in [-0.15, -0.1) is 0 Å². The summed E-state index contributed by atoms with van der Waals surface area (Å²) in [5, 5.41) is 36.7. The van der Waals surface area contributed by atoms with Gasteiger partial charge in [0.25, 0.3) is 0 Å². The number of aryl methyl sites for hydroxylation is 3. The van der Waals surface area contributed by atoms with Gasteiger partial charge in [-0.25, -0.2) is 19.2 Å². The fourth-order valence-corrected chi connectivity index (χ4v) is 9.75. The van der Waals surface area contributed by atoms with Gasteiger partial charge in [-0.05, 0) is 172 Å². The van der Waals surface area contributed by atoms with Crippen LogP contribution in [0.1, 0.15) is 134 Å². The number of hydrogen-bond acceptors (Lipinski definition) is 19. The molecule has 119 heavy (non-hydrogen) atoms. The first-order valence-electron chi connectivity index (χ1n) is 35.8. The van der Waals surface area contributed by atoms with Crippen molar-refractivity contribution in [3.05, 3.63) is 197 Å². The number of alkyl carbamates (subject to hydrolysis) is 3. The Hall–Kier alpha value is -11.8. The number of benzene rings is 6. The molecule has 0 bridgehead atoms. The van der Waals surface area contributed by atoms with Gasteiger partial charge in [0, 0.05) is 17.1 Å². The molecule has 0 saturated carbocycles. The standard InChI is InChI=1S/C27H32F3N3O6.C26H30F3N3O6.C17H17F3N2O.C10H17NO6.Li.H2O/c1-26(2,3)39-25(37)33-21(16-22(34)38-4)24(36)32-20(14-13-17-9-6-5-7-10-17)23(35)31-19-12-8-11-18(15-19)27(28,29)30;1-25(2,3)38-24(37)32-20(15-21(33)34)23(36)31-19(13-12-16-8-5-4-6-9-16)22(35)30-18-11-7-10-17(14-18)26(27,28)29;18-17(19,20)13-7-4-8-14(11-13)22-16(23)15(21)10-9-12-5-2-1-3-6-12;1-10(2,3)17-9(15)11-6(8(13)14)5-7(12)16-4;;/h5-12,15,20-21H,13-14,16H2,1-4H3,(H,31,35)(H,32,36)(H,33,37);4-11,14,19-20H,12-13,15H2,1-3H3,(H,30,35)(H,31,36)(H,32,37)(H,33,34);1-8,11,15H,9-10,21H2,(H,22,23);6H,5H2,1-4H3,(H,11,15)(H,13,14);;1H2/q;;;;+1;/p-1/t20?,21-;19?,20-;;;;/m00..../s1. The van der Waals surface area contributed by atoms with Crippen LogP contribution in [0.15, 0.2) is 164 Å². The minimum Gasteiger partial charge on any atom is -0.870 e. The number of anilines is 3. The van der Waals surface area contributed by atoms with Gasteiger partial charge in [-0.2, -0.15) is 39.5 Å². The van der Waals surface area contributed by atoms with E-state index in [9.17, 15) is 102 Å². The predicted molar refractivity (Wildman–Crippen MR) is 411 cm³/mol. The van der Waals surface area contributed by atoms with Crippen LogP contribution in [0.25, 0.3) is 0 Å². The molecule has 0 fully saturated rings. The Labute approximate surface area is 692 Å². The summed E-state index contributed by atoms with van der Waals surface area (Å²) < 4.78 is 141. The van der Waals surface area contributed by atoms with Gasteiger partial charge in [0.1, 0.15) is 47.0 Å². The maximum absolute atomic E-state index is 13.1. The van der Waals surface area contributed by atoms with Crippen molar-refractivity contribution in [2.45, 2.75) is 192 Å². The molecule has 0 aliphatic heterocycles. The Morgan fingerprint density at radius 2 is 0.639 bits per heavy atom. The molecule has 8 amide bonds. The van der Waals surface area contributed by atoms with Crippen LogP contribution >= 0.6 is 0 Å². The van der Waals surface area contributed by atoms with Crippen molar-refractivity contribution in [3.8, 4) is 0 Å². The number of ether oxygens (including phenoxy) is 5. The van der Waals surface area contributed by atoms with Crippen LogP contribution in [-0.4, -0.2) is 155 Å². The number of alkyl halides is 9. The number of methoxy groups -OCH3 is 2. The Morgan fingerprint density at radius 1 is 0.361 bits per heavy atom. The van der Waals surface area contributed by atoms with Crippen molar-refractivity contribution in [2.24, 2.45) is 5.73 Å². The smallest absolute Gasteiger partial charge is 0.870 e. The fourth-order valence-electron chi connectivity index (χ4n) is 9.75. The van der Waals surface area contributed by atoms with E-state index in [-0.39, 0.29) is 54.2 Å². The van der Waals surface area contributed by atoms with Crippen molar-refractivity contribution < 1.29 is 155 Å². The van der Waals surface area contributed by atoms with Crippen LogP contribution in [0, 0.1) is 0 Å². The van der Waals surface area contributed by atoms with E-state index < -0.39 is 179 Å². The number of carboxylic acids is 2. The normalized spacial score (nSPS) is 12.7. The summed E-state index contributed by atoms with van der Waals surface area (Å²) in [6, 6.07) is 32.4. The molecule has 0 aliphatic carbocycles. The molecule has 4 unspecified atom stereocenters. The Balaban J connectivity index is 0.000000826. The van der Waals surface area contributed by atoms with Gasteiger partial charge in [0.15, 0.2) is 0 Å².